The van der Waals surface area contributed by atoms with Gasteiger partial charge in [-0.2, -0.15) is 9.55 Å². The molecule has 12 heteroatoms. The highest BCUT2D eigenvalue weighted by atomic mass is 32.1. The van der Waals surface area contributed by atoms with Gasteiger partial charge in [-0.1, -0.05) is 50.2 Å². The highest BCUT2D eigenvalue weighted by Crippen LogP contribution is 2.49. The third kappa shape index (κ3) is 7.57. The number of benzene rings is 2. The minimum atomic E-state index is -4.53. The molecule has 0 bridgehead atoms. The van der Waals surface area contributed by atoms with E-state index in [4.69, 9.17) is 13.6 Å². The molecule has 3 heterocycles. The van der Waals surface area contributed by atoms with Crippen LogP contribution in [-0.2, 0) is 22.2 Å². The van der Waals surface area contributed by atoms with E-state index in [1.54, 1.807) is 90.3 Å². The van der Waals surface area contributed by atoms with E-state index in [0.29, 0.717) is 18.8 Å². The number of carboxylic acids is 1. The highest BCUT2D eigenvalue weighted by Gasteiger charge is 2.35. The molecule has 0 fully saturated rings. The number of para-hydroxylation sites is 2. The first kappa shape index (κ1) is 29.8. The van der Waals surface area contributed by atoms with E-state index in [1.165, 1.54) is 4.40 Å². The molecule has 10 nitrogen and oxygen atoms in total. The molecule has 0 aliphatic heterocycles. The summed E-state index contributed by atoms with van der Waals surface area (Å²) in [4.78, 5) is 34.0. The predicted octanol–water partition coefficient (Wildman–Crippen LogP) is 6.80. The van der Waals surface area contributed by atoms with Crippen molar-refractivity contribution >= 4 is 36.9 Å². The summed E-state index contributed by atoms with van der Waals surface area (Å²) >= 11 is 1.61. The molecule has 43 heavy (non-hydrogen) atoms. The van der Waals surface area contributed by atoms with Crippen molar-refractivity contribution in [2.75, 3.05) is 0 Å². The number of thiazole rings is 1. The first-order valence-electron chi connectivity index (χ1n) is 13.4. The van der Waals surface area contributed by atoms with Gasteiger partial charge in [-0.15, -0.1) is 11.3 Å². The maximum atomic E-state index is 14.1. The van der Waals surface area contributed by atoms with E-state index < -0.39 is 25.2 Å². The lowest BCUT2D eigenvalue weighted by atomic mass is 10.1. The first-order chi connectivity index (χ1) is 20.7. The van der Waals surface area contributed by atoms with E-state index >= 15 is 0 Å². The maximum Gasteiger partial charge on any atom is 0.648 e. The number of aryl methyl sites for hydroxylation is 2. The van der Waals surface area contributed by atoms with Crippen molar-refractivity contribution < 1.29 is 28.0 Å². The van der Waals surface area contributed by atoms with Crippen molar-refractivity contribution in [1.29, 1.82) is 0 Å². The van der Waals surface area contributed by atoms with Crippen LogP contribution < -0.4 is 19.1 Å². The Balaban J connectivity index is 1.53. The molecule has 2 aromatic carbocycles. The van der Waals surface area contributed by atoms with Gasteiger partial charge in [0.25, 0.3) is 5.56 Å². The van der Waals surface area contributed by atoms with Crippen molar-refractivity contribution in [2.45, 2.75) is 32.6 Å². The Morgan fingerprint density at radius 1 is 0.977 bits per heavy atom. The second-order valence-corrected chi connectivity index (χ2v) is 12.1. The Hall–Kier alpha value is -4.73. The summed E-state index contributed by atoms with van der Waals surface area (Å²) in [6.45, 7) is 4.19. The van der Waals surface area contributed by atoms with E-state index in [1.807, 2.05) is 0 Å². The number of fused-ring (bicyclic) bond motifs is 1. The molecule has 0 aliphatic carbocycles. The number of hydrogen-bond acceptors (Lipinski definition) is 9. The Bertz CT molecular complexity index is 1830. The fourth-order valence-electron chi connectivity index (χ4n) is 4.03. The van der Waals surface area contributed by atoms with Crippen molar-refractivity contribution in [3.05, 3.63) is 123 Å². The number of hydrogen-bond donors (Lipinski definition) is 1. The summed E-state index contributed by atoms with van der Waals surface area (Å²) in [5.41, 5.74) is 1.27. The molecule has 0 atom stereocenters. The Labute approximate surface area is 251 Å². The fraction of sp³-hybridized carbons (Fsp3) is 0.161. The number of phosphoric ester groups is 1. The average Bonchev–Trinajstić information content (AvgIpc) is 3.46. The molecule has 0 aliphatic rings. The SMILES string of the molecule is CC(C)c1csc(CCc2ccn3c(=O)c(/C=C/C(=O)O)c(OP(=O)(Oc4ccccc4)Oc4ccccc4)nc3c2)n1. The number of carbonyl (C=O) groups is 1. The van der Waals surface area contributed by atoms with E-state index in [0.717, 1.165) is 28.4 Å². The van der Waals surface area contributed by atoms with Gasteiger partial charge >= 0.3 is 13.8 Å². The Morgan fingerprint density at radius 3 is 2.21 bits per heavy atom. The van der Waals surface area contributed by atoms with E-state index in [2.05, 4.69) is 29.2 Å². The summed E-state index contributed by atoms with van der Waals surface area (Å²) in [6, 6.07) is 20.0. The minimum Gasteiger partial charge on any atom is -0.478 e. The van der Waals surface area contributed by atoms with Crippen LogP contribution in [0.15, 0.2) is 95.2 Å². The van der Waals surface area contributed by atoms with Crippen LogP contribution >= 0.6 is 19.2 Å². The summed E-state index contributed by atoms with van der Waals surface area (Å²) in [7, 11) is -4.53. The van der Waals surface area contributed by atoms with E-state index in [-0.39, 0.29) is 22.7 Å². The molecular weight excluding hydrogens is 589 g/mol. The molecule has 5 aromatic rings. The lowest BCUT2D eigenvalue weighted by Gasteiger charge is -2.20. The topological polar surface area (TPSA) is 129 Å². The van der Waals surface area contributed by atoms with Crippen LogP contribution in [0.2, 0.25) is 0 Å². The number of aromatic nitrogens is 3. The minimum absolute atomic E-state index is 0.187. The molecule has 5 rings (SSSR count). The summed E-state index contributed by atoms with van der Waals surface area (Å²) in [6.07, 6.45) is 4.71. The molecule has 3 aromatic heterocycles. The van der Waals surface area contributed by atoms with Crippen molar-refractivity contribution in [3.63, 3.8) is 0 Å². The molecule has 0 spiro atoms. The number of aliphatic carboxylic acids is 1. The zero-order chi connectivity index (χ0) is 30.4. The lowest BCUT2D eigenvalue weighted by molar-refractivity contribution is -0.131. The average molecular weight is 618 g/mol. The smallest absolute Gasteiger partial charge is 0.478 e. The van der Waals surface area contributed by atoms with Crippen LogP contribution in [0, 0.1) is 0 Å². The van der Waals surface area contributed by atoms with Crippen LogP contribution in [0.1, 0.15) is 41.6 Å². The number of carboxylic acid groups (broad SMARTS) is 1. The van der Waals surface area contributed by atoms with Crippen LogP contribution in [-0.4, -0.2) is 25.4 Å². The Kier molecular flexibility index (Phi) is 9.04. The van der Waals surface area contributed by atoms with Crippen LogP contribution in [0.4, 0.5) is 0 Å². The second kappa shape index (κ2) is 13.1. The molecule has 0 amide bonds. The standard InChI is InChI=1S/C31H28N3O7PS/c1-21(2)26-20-43-28(32-26)15-13-22-17-18-34-27(19-22)33-30(25(31(34)37)14-16-29(35)36)41-42(38,39-23-9-5-3-6-10-23)40-24-11-7-4-8-12-24/h3-12,14,16-21H,13,15H2,1-2H3,(H,35,36)/b16-14+. The lowest BCUT2D eigenvalue weighted by Crippen LogP contribution is -2.20. The number of rotatable bonds is 12. The van der Waals surface area contributed by atoms with Gasteiger partial charge in [-0.25, -0.2) is 9.78 Å². The van der Waals surface area contributed by atoms with E-state index in [9.17, 15) is 19.3 Å². The largest absolute Gasteiger partial charge is 0.648 e. The van der Waals surface area contributed by atoms with Gasteiger partial charge in [0.1, 0.15) is 22.7 Å². The molecule has 0 saturated carbocycles. The third-order valence-electron chi connectivity index (χ3n) is 6.19. The van der Waals surface area contributed by atoms with Crippen LogP contribution in [0.25, 0.3) is 11.7 Å². The normalized spacial score (nSPS) is 11.7. The predicted molar refractivity (Wildman–Crippen MR) is 164 cm³/mol. The molecular formula is C31H28N3O7PS. The monoisotopic (exact) mass is 617 g/mol. The quantitative estimate of drug-likeness (QED) is 0.119. The molecule has 0 saturated heterocycles. The third-order valence-corrected chi connectivity index (χ3v) is 8.39. The van der Waals surface area contributed by atoms with Crippen molar-refractivity contribution in [2.24, 2.45) is 0 Å². The Morgan fingerprint density at radius 2 is 1.63 bits per heavy atom. The van der Waals surface area contributed by atoms with Gasteiger partial charge in [0.2, 0.25) is 5.88 Å². The van der Waals surface area contributed by atoms with Gasteiger partial charge in [-0.05, 0) is 60.4 Å². The van der Waals surface area contributed by atoms with Crippen molar-refractivity contribution in [1.82, 2.24) is 14.4 Å². The summed E-state index contributed by atoms with van der Waals surface area (Å²) < 4.78 is 32.5. The summed E-state index contributed by atoms with van der Waals surface area (Å²) in [5, 5.41) is 12.3. The zero-order valence-electron chi connectivity index (χ0n) is 23.3. The molecule has 0 radical (unpaired) electrons. The van der Waals surface area contributed by atoms with Crippen molar-refractivity contribution in [3.8, 4) is 17.4 Å². The van der Waals surface area contributed by atoms with Crippen LogP contribution in [0.5, 0.6) is 17.4 Å². The zero-order valence-corrected chi connectivity index (χ0v) is 25.0. The number of pyridine rings is 1. The van der Waals surface area contributed by atoms with Gasteiger partial charge < -0.3 is 18.7 Å². The first-order valence-corrected chi connectivity index (χ1v) is 15.7. The molecule has 0 unspecified atom stereocenters. The van der Waals surface area contributed by atoms with Gasteiger partial charge in [0, 0.05) is 24.1 Å². The van der Waals surface area contributed by atoms with Crippen LogP contribution in [0.3, 0.4) is 0 Å². The van der Waals surface area contributed by atoms with Gasteiger partial charge in [0.05, 0.1) is 10.7 Å². The maximum absolute atomic E-state index is 14.1. The summed E-state index contributed by atoms with van der Waals surface area (Å²) in [5.74, 6) is -0.981. The highest BCUT2D eigenvalue weighted by molar-refractivity contribution is 7.49. The fourth-order valence-corrected chi connectivity index (χ4v) is 6.22. The molecule has 1 N–H and O–H groups in total. The number of phosphoric acid groups is 1. The number of nitrogens with zero attached hydrogens (tertiary/aromatic N) is 3. The van der Waals surface area contributed by atoms with Gasteiger partial charge in [-0.3, -0.25) is 9.20 Å². The second-order valence-electron chi connectivity index (χ2n) is 9.74. The van der Waals surface area contributed by atoms with Gasteiger partial charge in [0.15, 0.2) is 0 Å². The molecule has 220 valence electrons.